The summed E-state index contributed by atoms with van der Waals surface area (Å²) in [6.07, 6.45) is 8.62. The number of hydrogen-bond acceptors (Lipinski definition) is 2. The highest BCUT2D eigenvalue weighted by atomic mass is 16.5. The van der Waals surface area contributed by atoms with Gasteiger partial charge >= 0.3 is 5.97 Å². The average molecular weight is 182 g/mol. The Morgan fingerprint density at radius 2 is 2.00 bits per heavy atom. The zero-order chi connectivity index (χ0) is 9.68. The molecule has 0 aromatic rings. The molecular weight excluding hydrogens is 164 g/mol. The lowest BCUT2D eigenvalue weighted by Gasteiger charge is -2.05. The minimum absolute atomic E-state index is 0.0132. The maximum atomic E-state index is 11.1. The summed E-state index contributed by atoms with van der Waals surface area (Å²) in [7, 11) is 0. The predicted octanol–water partition coefficient (Wildman–Crippen LogP) is 2.68. The third-order valence-corrected chi connectivity index (χ3v) is 2.26. The van der Waals surface area contributed by atoms with Crippen molar-refractivity contribution in [2.75, 3.05) is 0 Å². The number of carbonyl (C=O) groups is 1. The minimum atomic E-state index is -0.207. The van der Waals surface area contributed by atoms with E-state index in [0.717, 1.165) is 0 Å². The Morgan fingerprint density at radius 1 is 1.38 bits per heavy atom. The molecule has 74 valence electrons. The van der Waals surface area contributed by atoms with Gasteiger partial charge in [0.05, 0.1) is 6.10 Å². The Hall–Kier alpha value is -0.790. The summed E-state index contributed by atoms with van der Waals surface area (Å²) in [5.74, 6) is 0.404. The molecule has 0 N–H and O–H groups in total. The van der Waals surface area contributed by atoms with Crippen LogP contribution in [0.1, 0.15) is 39.5 Å². The Bertz CT molecular complexity index is 188. The quantitative estimate of drug-likeness (QED) is 0.495. The first-order valence-corrected chi connectivity index (χ1v) is 5.07. The van der Waals surface area contributed by atoms with Gasteiger partial charge in [0.15, 0.2) is 0 Å². The second-order valence-electron chi connectivity index (χ2n) is 3.89. The first-order valence-electron chi connectivity index (χ1n) is 5.07. The predicted molar refractivity (Wildman–Crippen MR) is 52.3 cm³/mol. The number of rotatable bonds is 3. The molecule has 0 amide bonds. The summed E-state index contributed by atoms with van der Waals surface area (Å²) >= 11 is 0. The van der Waals surface area contributed by atoms with Gasteiger partial charge in [-0.15, -0.1) is 0 Å². The molecule has 13 heavy (non-hydrogen) atoms. The van der Waals surface area contributed by atoms with E-state index in [1.165, 1.54) is 25.7 Å². The number of allylic oxidation sites excluding steroid dienone is 1. The van der Waals surface area contributed by atoms with E-state index in [1.54, 1.807) is 6.08 Å². The van der Waals surface area contributed by atoms with E-state index in [1.807, 2.05) is 19.9 Å². The van der Waals surface area contributed by atoms with Crippen LogP contribution in [-0.4, -0.2) is 12.1 Å². The Balaban J connectivity index is 2.25. The van der Waals surface area contributed by atoms with Crippen LogP contribution in [0.2, 0.25) is 0 Å². The third kappa shape index (κ3) is 4.11. The molecular formula is C11H18O2. The molecule has 1 rings (SSSR count). The first-order chi connectivity index (χ1) is 6.18. The van der Waals surface area contributed by atoms with Crippen molar-refractivity contribution in [2.45, 2.75) is 45.6 Å². The van der Waals surface area contributed by atoms with E-state index in [4.69, 9.17) is 4.74 Å². The van der Waals surface area contributed by atoms with Gasteiger partial charge in [-0.3, -0.25) is 0 Å². The maximum Gasteiger partial charge on any atom is 0.330 e. The van der Waals surface area contributed by atoms with Gasteiger partial charge in [0, 0.05) is 6.08 Å². The van der Waals surface area contributed by atoms with Gasteiger partial charge in [0.25, 0.3) is 0 Å². The fourth-order valence-corrected chi connectivity index (χ4v) is 1.64. The molecule has 0 aromatic carbocycles. The third-order valence-electron chi connectivity index (χ3n) is 2.26. The van der Waals surface area contributed by atoms with Crippen LogP contribution in [0.5, 0.6) is 0 Å². The van der Waals surface area contributed by atoms with Crippen molar-refractivity contribution in [3.8, 4) is 0 Å². The van der Waals surface area contributed by atoms with E-state index in [-0.39, 0.29) is 12.1 Å². The highest BCUT2D eigenvalue weighted by molar-refractivity contribution is 5.82. The van der Waals surface area contributed by atoms with E-state index in [0.29, 0.717) is 5.92 Å². The standard InChI is InChI=1S/C11H18O2/c1-9(2)13-11(12)8-7-10-5-3-4-6-10/h7-10H,3-6H2,1-2H3. The molecule has 1 aliphatic rings. The molecule has 2 heteroatoms. The molecule has 0 spiro atoms. The topological polar surface area (TPSA) is 26.3 Å². The van der Waals surface area contributed by atoms with E-state index >= 15 is 0 Å². The summed E-state index contributed by atoms with van der Waals surface area (Å²) in [6, 6.07) is 0. The van der Waals surface area contributed by atoms with Crippen molar-refractivity contribution in [3.05, 3.63) is 12.2 Å². The maximum absolute atomic E-state index is 11.1. The van der Waals surface area contributed by atoms with Crippen molar-refractivity contribution < 1.29 is 9.53 Å². The first kappa shape index (κ1) is 10.3. The number of esters is 1. The summed E-state index contributed by atoms with van der Waals surface area (Å²) in [4.78, 5) is 11.1. The molecule has 0 aliphatic heterocycles. The SMILES string of the molecule is CC(C)OC(=O)C=CC1CCCC1. The van der Waals surface area contributed by atoms with Crippen LogP contribution < -0.4 is 0 Å². The van der Waals surface area contributed by atoms with Gasteiger partial charge in [-0.1, -0.05) is 18.9 Å². The molecule has 2 nitrogen and oxygen atoms in total. The van der Waals surface area contributed by atoms with Gasteiger partial charge in [0.1, 0.15) is 0 Å². The Labute approximate surface area is 80.0 Å². The van der Waals surface area contributed by atoms with Crippen LogP contribution in [0, 0.1) is 5.92 Å². The highest BCUT2D eigenvalue weighted by Crippen LogP contribution is 2.25. The lowest BCUT2D eigenvalue weighted by Crippen LogP contribution is -2.08. The fourth-order valence-electron chi connectivity index (χ4n) is 1.64. The lowest BCUT2D eigenvalue weighted by molar-refractivity contribution is -0.141. The van der Waals surface area contributed by atoms with Crippen LogP contribution in [0.25, 0.3) is 0 Å². The summed E-state index contributed by atoms with van der Waals surface area (Å²) in [5.41, 5.74) is 0. The van der Waals surface area contributed by atoms with E-state index in [2.05, 4.69) is 0 Å². The second-order valence-corrected chi connectivity index (χ2v) is 3.89. The number of hydrogen-bond donors (Lipinski definition) is 0. The molecule has 0 bridgehead atoms. The summed E-state index contributed by atoms with van der Waals surface area (Å²) in [6.45, 7) is 3.72. The molecule has 0 unspecified atom stereocenters. The highest BCUT2D eigenvalue weighted by Gasteiger charge is 2.12. The van der Waals surface area contributed by atoms with E-state index < -0.39 is 0 Å². The second kappa shape index (κ2) is 5.05. The van der Waals surface area contributed by atoms with Gasteiger partial charge in [-0.25, -0.2) is 4.79 Å². The van der Waals surface area contributed by atoms with Crippen molar-refractivity contribution in [1.29, 1.82) is 0 Å². The van der Waals surface area contributed by atoms with Gasteiger partial charge < -0.3 is 4.74 Å². The largest absolute Gasteiger partial charge is 0.460 e. The minimum Gasteiger partial charge on any atom is -0.460 e. The number of carbonyl (C=O) groups excluding carboxylic acids is 1. The van der Waals surface area contributed by atoms with Crippen LogP contribution in [0.15, 0.2) is 12.2 Å². The van der Waals surface area contributed by atoms with Crippen molar-refractivity contribution >= 4 is 5.97 Å². The van der Waals surface area contributed by atoms with Crippen molar-refractivity contribution in [2.24, 2.45) is 5.92 Å². The number of ether oxygens (including phenoxy) is 1. The van der Waals surface area contributed by atoms with Crippen molar-refractivity contribution in [3.63, 3.8) is 0 Å². The molecule has 0 radical (unpaired) electrons. The van der Waals surface area contributed by atoms with Crippen LogP contribution in [-0.2, 0) is 9.53 Å². The zero-order valence-electron chi connectivity index (χ0n) is 8.45. The van der Waals surface area contributed by atoms with Gasteiger partial charge in [-0.2, -0.15) is 0 Å². The molecule has 0 aromatic heterocycles. The van der Waals surface area contributed by atoms with Crippen LogP contribution in [0.4, 0.5) is 0 Å². The molecule has 1 aliphatic carbocycles. The van der Waals surface area contributed by atoms with Gasteiger partial charge in [-0.05, 0) is 32.6 Å². The smallest absolute Gasteiger partial charge is 0.330 e. The van der Waals surface area contributed by atoms with Crippen molar-refractivity contribution in [1.82, 2.24) is 0 Å². The Morgan fingerprint density at radius 3 is 2.54 bits per heavy atom. The molecule has 0 saturated heterocycles. The average Bonchev–Trinajstić information content (AvgIpc) is 2.51. The molecule has 1 saturated carbocycles. The molecule has 1 fully saturated rings. The van der Waals surface area contributed by atoms with Crippen LogP contribution >= 0.6 is 0 Å². The molecule has 0 atom stereocenters. The fraction of sp³-hybridized carbons (Fsp3) is 0.727. The lowest BCUT2D eigenvalue weighted by atomic mass is 10.1. The summed E-state index contributed by atoms with van der Waals surface area (Å²) in [5, 5.41) is 0. The monoisotopic (exact) mass is 182 g/mol. The van der Waals surface area contributed by atoms with Crippen LogP contribution in [0.3, 0.4) is 0 Å². The van der Waals surface area contributed by atoms with Gasteiger partial charge in [0.2, 0.25) is 0 Å². The summed E-state index contributed by atoms with van der Waals surface area (Å²) < 4.78 is 4.98. The van der Waals surface area contributed by atoms with E-state index in [9.17, 15) is 4.79 Å². The molecule has 0 heterocycles. The zero-order valence-corrected chi connectivity index (χ0v) is 8.45. The normalized spacial score (nSPS) is 18.7. The Kier molecular flexibility index (Phi) is 4.00.